The van der Waals surface area contributed by atoms with Gasteiger partial charge in [-0.1, -0.05) is 6.92 Å². The highest BCUT2D eigenvalue weighted by Crippen LogP contribution is 2.27. The Morgan fingerprint density at radius 2 is 2.14 bits per heavy atom. The van der Waals surface area contributed by atoms with Crippen LogP contribution in [0.15, 0.2) is 12.3 Å². The van der Waals surface area contributed by atoms with Gasteiger partial charge in [-0.15, -0.1) is 0 Å². The van der Waals surface area contributed by atoms with Crippen LogP contribution in [-0.4, -0.2) is 34.9 Å². The molecule has 1 atom stereocenters. The van der Waals surface area contributed by atoms with Crippen LogP contribution >= 0.6 is 0 Å². The Kier molecular flexibility index (Phi) is 5.77. The lowest BCUT2D eigenvalue weighted by Crippen LogP contribution is -2.50. The fourth-order valence-corrected chi connectivity index (χ4v) is 2.11. The minimum absolute atomic E-state index is 0.300. The van der Waals surface area contributed by atoms with Gasteiger partial charge in [0.05, 0.1) is 7.11 Å². The molecule has 0 radical (unpaired) electrons. The molecule has 0 saturated carbocycles. The molecule has 1 heterocycles. The van der Waals surface area contributed by atoms with Gasteiger partial charge in [-0.2, -0.15) is 18.3 Å². The fourth-order valence-electron chi connectivity index (χ4n) is 2.11. The summed E-state index contributed by atoms with van der Waals surface area (Å²) in [6.45, 7) is 4.47. The number of carbonyl (C=O) groups is 1. The standard InChI is InChI=1S/C13H20F3N3O2/c1-4-17-12(2,11(20)21-3)7-5-8-19-9-6-10(18-19)13(14,15)16/h6,9,17H,4-5,7-8H2,1-3H3. The molecular weight excluding hydrogens is 287 g/mol. The predicted molar refractivity (Wildman–Crippen MR) is 70.6 cm³/mol. The van der Waals surface area contributed by atoms with Crippen molar-refractivity contribution in [3.8, 4) is 0 Å². The van der Waals surface area contributed by atoms with Crippen LogP contribution < -0.4 is 5.32 Å². The van der Waals surface area contributed by atoms with Gasteiger partial charge < -0.3 is 10.1 Å². The first-order chi connectivity index (χ1) is 9.73. The number of ether oxygens (including phenoxy) is 1. The highest BCUT2D eigenvalue weighted by molar-refractivity contribution is 5.80. The van der Waals surface area contributed by atoms with Crippen molar-refractivity contribution in [3.63, 3.8) is 0 Å². The molecule has 1 N–H and O–H groups in total. The maximum Gasteiger partial charge on any atom is 0.435 e. The number of carbonyl (C=O) groups excluding carboxylic acids is 1. The van der Waals surface area contributed by atoms with Crippen LogP contribution in [0.3, 0.4) is 0 Å². The molecule has 120 valence electrons. The van der Waals surface area contributed by atoms with Gasteiger partial charge in [-0.3, -0.25) is 9.48 Å². The molecule has 0 aromatic carbocycles. The second-order valence-corrected chi connectivity index (χ2v) is 4.92. The average molecular weight is 307 g/mol. The van der Waals surface area contributed by atoms with E-state index in [-0.39, 0.29) is 5.97 Å². The van der Waals surface area contributed by atoms with Crippen molar-refractivity contribution in [2.24, 2.45) is 0 Å². The average Bonchev–Trinajstić information content (AvgIpc) is 2.86. The summed E-state index contributed by atoms with van der Waals surface area (Å²) in [6.07, 6.45) is -2.21. The van der Waals surface area contributed by atoms with Crippen molar-refractivity contribution in [1.82, 2.24) is 15.1 Å². The van der Waals surface area contributed by atoms with E-state index in [0.717, 1.165) is 6.07 Å². The molecule has 0 aliphatic carbocycles. The summed E-state index contributed by atoms with van der Waals surface area (Å²) in [5, 5.41) is 6.51. The molecule has 1 rings (SSSR count). The first kappa shape index (κ1) is 17.5. The molecule has 1 unspecified atom stereocenters. The number of nitrogens with one attached hydrogen (secondary N) is 1. The summed E-state index contributed by atoms with van der Waals surface area (Å²) in [5.41, 5.74) is -1.76. The summed E-state index contributed by atoms with van der Waals surface area (Å²) < 4.78 is 43.2. The van der Waals surface area contributed by atoms with Crippen molar-refractivity contribution in [1.29, 1.82) is 0 Å². The number of halogens is 3. The normalized spacial score (nSPS) is 14.8. The maximum atomic E-state index is 12.4. The molecule has 0 amide bonds. The van der Waals surface area contributed by atoms with E-state index < -0.39 is 17.4 Å². The van der Waals surface area contributed by atoms with E-state index >= 15 is 0 Å². The summed E-state index contributed by atoms with van der Waals surface area (Å²) in [6, 6.07) is 0.934. The fraction of sp³-hybridized carbons (Fsp3) is 0.692. The Balaban J connectivity index is 2.58. The number of methoxy groups -OCH3 is 1. The van der Waals surface area contributed by atoms with Gasteiger partial charge in [0.1, 0.15) is 5.54 Å². The minimum Gasteiger partial charge on any atom is -0.468 e. The third-order valence-corrected chi connectivity index (χ3v) is 3.20. The van der Waals surface area contributed by atoms with Crippen molar-refractivity contribution < 1.29 is 22.7 Å². The van der Waals surface area contributed by atoms with Gasteiger partial charge in [0.25, 0.3) is 0 Å². The van der Waals surface area contributed by atoms with E-state index in [0.29, 0.717) is 25.9 Å². The largest absolute Gasteiger partial charge is 0.468 e. The van der Waals surface area contributed by atoms with E-state index in [1.807, 2.05) is 6.92 Å². The number of likely N-dealkylation sites (N-methyl/N-ethyl adjacent to an activating group) is 1. The summed E-state index contributed by atoms with van der Waals surface area (Å²) in [4.78, 5) is 11.7. The predicted octanol–water partition coefficient (Wildman–Crippen LogP) is 2.22. The third kappa shape index (κ3) is 4.73. The van der Waals surface area contributed by atoms with Gasteiger partial charge >= 0.3 is 12.1 Å². The van der Waals surface area contributed by atoms with Crippen LogP contribution in [0.5, 0.6) is 0 Å². The van der Waals surface area contributed by atoms with Gasteiger partial charge in [0.15, 0.2) is 5.69 Å². The lowest BCUT2D eigenvalue weighted by atomic mass is 9.96. The Labute approximate surface area is 121 Å². The van der Waals surface area contributed by atoms with E-state index in [2.05, 4.69) is 10.4 Å². The van der Waals surface area contributed by atoms with E-state index in [9.17, 15) is 18.0 Å². The third-order valence-electron chi connectivity index (χ3n) is 3.20. The highest BCUT2D eigenvalue weighted by Gasteiger charge is 2.34. The molecule has 0 aliphatic rings. The van der Waals surface area contributed by atoms with Gasteiger partial charge in [-0.25, -0.2) is 0 Å². The van der Waals surface area contributed by atoms with Crippen molar-refractivity contribution in [2.75, 3.05) is 13.7 Å². The number of aromatic nitrogens is 2. The van der Waals surface area contributed by atoms with E-state index in [1.165, 1.54) is 18.0 Å². The number of hydrogen-bond acceptors (Lipinski definition) is 4. The van der Waals surface area contributed by atoms with Crippen LogP contribution in [-0.2, 0) is 22.3 Å². The van der Waals surface area contributed by atoms with Crippen LogP contribution in [0.1, 0.15) is 32.4 Å². The van der Waals surface area contributed by atoms with Crippen LogP contribution in [0.25, 0.3) is 0 Å². The Bertz CT molecular complexity index is 473. The minimum atomic E-state index is -4.43. The quantitative estimate of drug-likeness (QED) is 0.785. The molecule has 21 heavy (non-hydrogen) atoms. The number of esters is 1. The summed E-state index contributed by atoms with van der Waals surface area (Å²) >= 11 is 0. The number of rotatable bonds is 7. The second kappa shape index (κ2) is 6.93. The van der Waals surface area contributed by atoms with Crippen molar-refractivity contribution in [3.05, 3.63) is 18.0 Å². The number of alkyl halides is 3. The molecule has 0 saturated heterocycles. The molecule has 1 aromatic rings. The van der Waals surface area contributed by atoms with Gasteiger partial charge in [-0.05, 0) is 32.4 Å². The number of aryl methyl sites for hydroxylation is 1. The zero-order valence-electron chi connectivity index (χ0n) is 12.3. The maximum absolute atomic E-state index is 12.4. The topological polar surface area (TPSA) is 56.2 Å². The first-order valence-electron chi connectivity index (χ1n) is 6.67. The van der Waals surface area contributed by atoms with E-state index in [4.69, 9.17) is 4.74 Å². The van der Waals surface area contributed by atoms with Crippen LogP contribution in [0.2, 0.25) is 0 Å². The smallest absolute Gasteiger partial charge is 0.435 e. The highest BCUT2D eigenvalue weighted by atomic mass is 19.4. The van der Waals surface area contributed by atoms with Crippen LogP contribution in [0.4, 0.5) is 13.2 Å². The van der Waals surface area contributed by atoms with E-state index in [1.54, 1.807) is 6.92 Å². The number of hydrogen-bond donors (Lipinski definition) is 1. The first-order valence-corrected chi connectivity index (χ1v) is 6.67. The Hall–Kier alpha value is -1.57. The molecule has 0 bridgehead atoms. The lowest BCUT2D eigenvalue weighted by molar-refractivity contribution is -0.148. The SMILES string of the molecule is CCNC(C)(CCCn1ccc(C(F)(F)F)n1)C(=O)OC. The zero-order valence-corrected chi connectivity index (χ0v) is 12.3. The molecular formula is C13H20F3N3O2. The Morgan fingerprint density at radius 1 is 1.48 bits per heavy atom. The molecule has 5 nitrogen and oxygen atoms in total. The monoisotopic (exact) mass is 307 g/mol. The molecule has 1 aromatic heterocycles. The van der Waals surface area contributed by atoms with Crippen LogP contribution in [0, 0.1) is 0 Å². The molecule has 8 heteroatoms. The van der Waals surface area contributed by atoms with Gasteiger partial charge in [0.2, 0.25) is 0 Å². The lowest BCUT2D eigenvalue weighted by Gasteiger charge is -2.27. The number of nitrogens with zero attached hydrogens (tertiary/aromatic N) is 2. The molecule has 0 fully saturated rings. The van der Waals surface area contributed by atoms with Gasteiger partial charge in [0, 0.05) is 12.7 Å². The Morgan fingerprint density at radius 3 is 2.62 bits per heavy atom. The summed E-state index contributed by atoms with van der Waals surface area (Å²) in [5.74, 6) is -0.388. The zero-order chi connectivity index (χ0) is 16.1. The molecule has 0 spiro atoms. The van der Waals surface area contributed by atoms with Crippen molar-refractivity contribution >= 4 is 5.97 Å². The second-order valence-electron chi connectivity index (χ2n) is 4.92. The summed E-state index contributed by atoms with van der Waals surface area (Å²) in [7, 11) is 1.31. The van der Waals surface area contributed by atoms with Crippen molar-refractivity contribution in [2.45, 2.75) is 44.9 Å². The molecule has 0 aliphatic heterocycles.